The summed E-state index contributed by atoms with van der Waals surface area (Å²) in [6.07, 6.45) is 5.92. The van der Waals surface area contributed by atoms with Crippen molar-refractivity contribution in [1.29, 1.82) is 0 Å². The minimum atomic E-state index is 0.0486. The van der Waals surface area contributed by atoms with Gasteiger partial charge in [0.2, 0.25) is 5.91 Å². The van der Waals surface area contributed by atoms with E-state index in [9.17, 15) is 4.79 Å². The third-order valence-electron chi connectivity index (χ3n) is 2.74. The molecule has 102 valence electrons. The van der Waals surface area contributed by atoms with Crippen LogP contribution in [0.5, 0.6) is 0 Å². The van der Waals surface area contributed by atoms with E-state index in [1.54, 1.807) is 36.1 Å². The van der Waals surface area contributed by atoms with Gasteiger partial charge in [0.25, 0.3) is 0 Å². The van der Waals surface area contributed by atoms with Crippen molar-refractivity contribution < 1.29 is 4.79 Å². The standard InChI is InChI=1S/C13H14BN3OS2/c1-17(10(18)5-7-19-2)13-11(14)16-12(20-13)9-4-3-6-15-8-9/h3-4,6,8H,5,7H2,1-2H3. The highest BCUT2D eigenvalue weighted by molar-refractivity contribution is 7.98. The number of carbonyl (C=O) groups excluding carboxylic acids is 1. The molecule has 0 bridgehead atoms. The number of pyridine rings is 1. The number of thioether (sulfide) groups is 1. The number of aromatic nitrogens is 2. The summed E-state index contributed by atoms with van der Waals surface area (Å²) in [5.74, 6) is 0.851. The SMILES string of the molecule is [B]c1nc(-c2cccnc2)sc1N(C)C(=O)CCSC. The van der Waals surface area contributed by atoms with Gasteiger partial charge in [-0.15, -0.1) is 0 Å². The first kappa shape index (κ1) is 15.1. The van der Waals surface area contributed by atoms with Crippen LogP contribution in [-0.2, 0) is 4.79 Å². The molecule has 0 aliphatic carbocycles. The Morgan fingerprint density at radius 1 is 1.55 bits per heavy atom. The van der Waals surface area contributed by atoms with Crippen LogP contribution in [-0.4, -0.2) is 42.8 Å². The van der Waals surface area contributed by atoms with Gasteiger partial charge in [-0.3, -0.25) is 14.8 Å². The maximum absolute atomic E-state index is 12.0. The van der Waals surface area contributed by atoms with Gasteiger partial charge in [-0.25, -0.2) is 0 Å². The molecule has 1 amide bonds. The molecule has 20 heavy (non-hydrogen) atoms. The van der Waals surface area contributed by atoms with Gasteiger partial charge < -0.3 is 4.90 Å². The van der Waals surface area contributed by atoms with E-state index in [2.05, 4.69) is 9.97 Å². The molecule has 0 N–H and O–H groups in total. The number of hydrogen-bond donors (Lipinski definition) is 0. The molecule has 0 saturated heterocycles. The molecule has 0 aliphatic heterocycles. The number of amides is 1. The molecule has 0 aliphatic rings. The fraction of sp³-hybridized carbons (Fsp3) is 0.308. The van der Waals surface area contributed by atoms with Crippen LogP contribution in [0.25, 0.3) is 10.6 Å². The van der Waals surface area contributed by atoms with Crippen molar-refractivity contribution in [3.63, 3.8) is 0 Å². The zero-order valence-corrected chi connectivity index (χ0v) is 13.0. The van der Waals surface area contributed by atoms with Gasteiger partial charge in [-0.2, -0.15) is 11.8 Å². The number of rotatable bonds is 5. The van der Waals surface area contributed by atoms with Gasteiger partial charge in [0.15, 0.2) is 0 Å². The van der Waals surface area contributed by atoms with Gasteiger partial charge in [-0.1, -0.05) is 11.3 Å². The lowest BCUT2D eigenvalue weighted by molar-refractivity contribution is -0.117. The zero-order valence-electron chi connectivity index (χ0n) is 11.4. The molecular formula is C13H14BN3OS2. The van der Waals surface area contributed by atoms with Crippen molar-refractivity contribution >= 4 is 47.4 Å². The van der Waals surface area contributed by atoms with Crippen LogP contribution in [0.1, 0.15) is 6.42 Å². The second-order valence-corrected chi connectivity index (χ2v) is 6.11. The van der Waals surface area contributed by atoms with E-state index in [0.717, 1.165) is 16.3 Å². The Morgan fingerprint density at radius 3 is 3.00 bits per heavy atom. The molecular weight excluding hydrogens is 289 g/mol. The van der Waals surface area contributed by atoms with E-state index in [0.29, 0.717) is 17.0 Å². The molecule has 4 nitrogen and oxygen atoms in total. The molecule has 2 radical (unpaired) electrons. The molecule has 2 heterocycles. The first-order chi connectivity index (χ1) is 9.63. The molecule has 2 rings (SSSR count). The Kier molecular flexibility index (Phi) is 5.20. The van der Waals surface area contributed by atoms with Crippen LogP contribution in [0, 0.1) is 0 Å². The highest BCUT2D eigenvalue weighted by atomic mass is 32.2. The average molecular weight is 303 g/mol. The van der Waals surface area contributed by atoms with E-state index < -0.39 is 0 Å². The monoisotopic (exact) mass is 303 g/mol. The second-order valence-electron chi connectivity index (χ2n) is 4.15. The highest BCUT2D eigenvalue weighted by Crippen LogP contribution is 2.28. The largest absolute Gasteiger partial charge is 0.306 e. The predicted octanol–water partition coefficient (Wildman–Crippen LogP) is 1.71. The Bertz CT molecular complexity index is 589. The maximum Gasteiger partial charge on any atom is 0.228 e. The lowest BCUT2D eigenvalue weighted by atomic mass is 10.1. The molecule has 0 saturated carbocycles. The van der Waals surface area contributed by atoms with Crippen molar-refractivity contribution in [3.05, 3.63) is 24.5 Å². The van der Waals surface area contributed by atoms with Crippen LogP contribution >= 0.6 is 23.1 Å². The van der Waals surface area contributed by atoms with Crippen LogP contribution in [0.3, 0.4) is 0 Å². The maximum atomic E-state index is 12.0. The van der Waals surface area contributed by atoms with Crippen molar-refractivity contribution in [2.24, 2.45) is 0 Å². The minimum absolute atomic E-state index is 0.0486. The van der Waals surface area contributed by atoms with E-state index in [1.807, 2.05) is 18.4 Å². The van der Waals surface area contributed by atoms with Gasteiger partial charge in [-0.05, 0) is 18.4 Å². The minimum Gasteiger partial charge on any atom is -0.306 e. The molecule has 0 atom stereocenters. The van der Waals surface area contributed by atoms with Gasteiger partial charge >= 0.3 is 0 Å². The average Bonchev–Trinajstić information content (AvgIpc) is 2.87. The Morgan fingerprint density at radius 2 is 2.35 bits per heavy atom. The summed E-state index contributed by atoms with van der Waals surface area (Å²) in [5, 5.41) is 1.46. The Balaban J connectivity index is 2.21. The summed E-state index contributed by atoms with van der Waals surface area (Å²) >= 11 is 3.05. The van der Waals surface area contributed by atoms with Crippen LogP contribution in [0.2, 0.25) is 0 Å². The summed E-state index contributed by atoms with van der Waals surface area (Å²) in [7, 11) is 7.66. The summed E-state index contributed by atoms with van der Waals surface area (Å²) in [5.41, 5.74) is 1.29. The van der Waals surface area contributed by atoms with Crippen molar-refractivity contribution in [1.82, 2.24) is 9.97 Å². The molecule has 2 aromatic heterocycles. The van der Waals surface area contributed by atoms with Crippen LogP contribution in [0.15, 0.2) is 24.5 Å². The van der Waals surface area contributed by atoms with Crippen LogP contribution in [0.4, 0.5) is 5.00 Å². The van der Waals surface area contributed by atoms with Gasteiger partial charge in [0, 0.05) is 42.8 Å². The second kappa shape index (κ2) is 6.90. The number of carbonyl (C=O) groups is 1. The fourth-order valence-corrected chi connectivity index (χ4v) is 2.98. The highest BCUT2D eigenvalue weighted by Gasteiger charge is 2.17. The topological polar surface area (TPSA) is 46.1 Å². The lowest BCUT2D eigenvalue weighted by Gasteiger charge is -2.15. The predicted molar refractivity (Wildman–Crippen MR) is 87.1 cm³/mol. The van der Waals surface area contributed by atoms with E-state index >= 15 is 0 Å². The lowest BCUT2D eigenvalue weighted by Crippen LogP contribution is -2.29. The first-order valence-electron chi connectivity index (χ1n) is 6.05. The van der Waals surface area contributed by atoms with Gasteiger partial charge in [0.1, 0.15) is 17.9 Å². The first-order valence-corrected chi connectivity index (χ1v) is 8.26. The summed E-state index contributed by atoms with van der Waals surface area (Å²) < 4.78 is 0. The van der Waals surface area contributed by atoms with E-state index in [1.165, 1.54) is 11.3 Å². The molecule has 0 spiro atoms. The summed E-state index contributed by atoms with van der Waals surface area (Å²) in [6.45, 7) is 0. The third kappa shape index (κ3) is 3.40. The number of nitrogens with zero attached hydrogens (tertiary/aromatic N) is 3. The smallest absolute Gasteiger partial charge is 0.228 e. The third-order valence-corrected chi connectivity index (χ3v) is 4.55. The fourth-order valence-electron chi connectivity index (χ4n) is 1.65. The molecule has 0 aromatic carbocycles. The molecule has 2 aromatic rings. The van der Waals surface area contributed by atoms with E-state index in [4.69, 9.17) is 7.85 Å². The summed E-state index contributed by atoms with van der Waals surface area (Å²) in [6, 6.07) is 3.77. The molecule has 0 unspecified atom stereocenters. The van der Waals surface area contributed by atoms with Crippen molar-refractivity contribution in [2.75, 3.05) is 24.0 Å². The quantitative estimate of drug-likeness (QED) is 0.789. The van der Waals surface area contributed by atoms with Crippen molar-refractivity contribution in [2.45, 2.75) is 6.42 Å². The van der Waals surface area contributed by atoms with E-state index in [-0.39, 0.29) is 5.91 Å². The number of anilines is 1. The van der Waals surface area contributed by atoms with Crippen molar-refractivity contribution in [3.8, 4) is 10.6 Å². The van der Waals surface area contributed by atoms with Gasteiger partial charge in [0.05, 0.1) is 0 Å². The Labute approximate surface area is 128 Å². The van der Waals surface area contributed by atoms with Crippen LogP contribution < -0.4 is 10.5 Å². The molecule has 7 heteroatoms. The molecule has 0 fully saturated rings. The zero-order chi connectivity index (χ0) is 14.5. The number of hydrogen-bond acceptors (Lipinski definition) is 5. The summed E-state index contributed by atoms with van der Waals surface area (Å²) in [4.78, 5) is 22.0. The Hall–Kier alpha value is -1.34. The normalized spacial score (nSPS) is 10.5. The number of thiazole rings is 1.